The first-order valence-electron chi connectivity index (χ1n) is 4.48. The topological polar surface area (TPSA) is 70.1 Å². The highest BCUT2D eigenvalue weighted by Gasteiger charge is 2.17. The molecule has 0 unspecified atom stereocenters. The van der Waals surface area contributed by atoms with Crippen molar-refractivity contribution in [1.82, 2.24) is 9.78 Å². The molecular weight excluding hydrogens is 262 g/mol. The molecule has 0 amide bonds. The number of carbonyl (C=O) groups is 1. The van der Waals surface area contributed by atoms with Crippen LogP contribution in [0.1, 0.15) is 20.8 Å². The lowest BCUT2D eigenvalue weighted by Crippen LogP contribution is -2.26. The second-order valence-corrected chi connectivity index (χ2v) is 5.00. The van der Waals surface area contributed by atoms with Gasteiger partial charge in [-0.3, -0.25) is 9.48 Å². The Bertz CT molecular complexity index is 348. The van der Waals surface area contributed by atoms with Gasteiger partial charge in [-0.05, 0) is 36.7 Å². The number of nitrogens with two attached hydrogens (primary N) is 1. The molecule has 2 N–H and O–H groups in total. The fourth-order valence-corrected chi connectivity index (χ4v) is 1.31. The Balaban J connectivity index is 2.59. The summed E-state index contributed by atoms with van der Waals surface area (Å²) in [5.74, 6) is 0.0241. The monoisotopic (exact) mass is 275 g/mol. The molecule has 0 bridgehead atoms. The van der Waals surface area contributed by atoms with Crippen molar-refractivity contribution >= 4 is 27.7 Å². The number of esters is 1. The molecule has 0 aliphatic carbocycles. The molecule has 15 heavy (non-hydrogen) atoms. The largest absolute Gasteiger partial charge is 0.459 e. The SMILES string of the molecule is CC(C)(C)OC(=O)Cn1cc(Br)c(N)n1. The van der Waals surface area contributed by atoms with Gasteiger partial charge in [0.1, 0.15) is 12.1 Å². The number of rotatable bonds is 2. The molecule has 0 radical (unpaired) electrons. The number of carbonyl (C=O) groups excluding carboxylic acids is 1. The Morgan fingerprint density at radius 3 is 2.67 bits per heavy atom. The number of hydrogen-bond acceptors (Lipinski definition) is 4. The summed E-state index contributed by atoms with van der Waals surface area (Å²) in [7, 11) is 0. The third-order valence-corrected chi connectivity index (χ3v) is 2.07. The van der Waals surface area contributed by atoms with E-state index in [2.05, 4.69) is 21.0 Å². The van der Waals surface area contributed by atoms with E-state index < -0.39 is 5.60 Å². The molecule has 6 heteroatoms. The Morgan fingerprint density at radius 2 is 2.27 bits per heavy atom. The molecule has 0 saturated carbocycles. The molecule has 1 aromatic heterocycles. The number of nitrogens with zero attached hydrogens (tertiary/aromatic N) is 2. The molecule has 0 aromatic carbocycles. The summed E-state index contributed by atoms with van der Waals surface area (Å²) in [6.45, 7) is 5.52. The van der Waals surface area contributed by atoms with Crippen molar-refractivity contribution in [1.29, 1.82) is 0 Å². The van der Waals surface area contributed by atoms with Crippen LogP contribution in [0, 0.1) is 0 Å². The Hall–Kier alpha value is -1.04. The third-order valence-electron chi connectivity index (χ3n) is 1.45. The molecule has 0 atom stereocenters. The predicted molar refractivity (Wildman–Crippen MR) is 60.2 cm³/mol. The summed E-state index contributed by atoms with van der Waals surface area (Å²) in [5.41, 5.74) is 5.03. The lowest BCUT2D eigenvalue weighted by Gasteiger charge is -2.19. The highest BCUT2D eigenvalue weighted by atomic mass is 79.9. The summed E-state index contributed by atoms with van der Waals surface area (Å²) < 4.78 is 7.25. The molecule has 1 rings (SSSR count). The van der Waals surface area contributed by atoms with Crippen LogP contribution in [-0.4, -0.2) is 21.4 Å². The zero-order valence-corrected chi connectivity index (χ0v) is 10.5. The Morgan fingerprint density at radius 1 is 1.67 bits per heavy atom. The first-order valence-corrected chi connectivity index (χ1v) is 5.27. The maximum atomic E-state index is 11.4. The van der Waals surface area contributed by atoms with Crippen molar-refractivity contribution in [2.75, 3.05) is 5.73 Å². The van der Waals surface area contributed by atoms with Gasteiger partial charge in [-0.2, -0.15) is 5.10 Å². The normalized spacial score (nSPS) is 11.5. The molecule has 1 heterocycles. The van der Waals surface area contributed by atoms with Gasteiger partial charge in [0.05, 0.1) is 4.47 Å². The van der Waals surface area contributed by atoms with Crippen LogP contribution in [0.2, 0.25) is 0 Å². The zero-order chi connectivity index (χ0) is 11.6. The number of hydrogen-bond donors (Lipinski definition) is 1. The van der Waals surface area contributed by atoms with Crippen LogP contribution >= 0.6 is 15.9 Å². The summed E-state index contributed by atoms with van der Waals surface area (Å²) in [5, 5.41) is 3.93. The Labute approximate surface area is 96.7 Å². The number of ether oxygens (including phenoxy) is 1. The van der Waals surface area contributed by atoms with E-state index in [1.165, 1.54) is 4.68 Å². The van der Waals surface area contributed by atoms with Crippen molar-refractivity contribution in [2.24, 2.45) is 0 Å². The van der Waals surface area contributed by atoms with Crippen molar-refractivity contribution in [2.45, 2.75) is 32.9 Å². The van der Waals surface area contributed by atoms with Gasteiger partial charge in [0.2, 0.25) is 0 Å². The van der Waals surface area contributed by atoms with E-state index in [0.717, 1.165) is 0 Å². The standard InChI is InChI=1S/C9H14BrN3O2/c1-9(2,3)15-7(14)5-13-4-6(10)8(11)12-13/h4H,5H2,1-3H3,(H2,11,12). The van der Waals surface area contributed by atoms with Crippen molar-refractivity contribution < 1.29 is 9.53 Å². The van der Waals surface area contributed by atoms with Crippen LogP contribution in [0.15, 0.2) is 10.7 Å². The summed E-state index contributed by atoms with van der Waals surface area (Å²) in [6.07, 6.45) is 1.64. The third kappa shape index (κ3) is 3.91. The van der Waals surface area contributed by atoms with Crippen LogP contribution in [0.5, 0.6) is 0 Å². The average molecular weight is 276 g/mol. The van der Waals surface area contributed by atoms with E-state index >= 15 is 0 Å². The number of nitrogen functional groups attached to an aromatic ring is 1. The number of aromatic nitrogens is 2. The molecule has 1 aromatic rings. The van der Waals surface area contributed by atoms with Gasteiger partial charge in [0.25, 0.3) is 0 Å². The van der Waals surface area contributed by atoms with Gasteiger partial charge in [-0.25, -0.2) is 0 Å². The van der Waals surface area contributed by atoms with Gasteiger partial charge < -0.3 is 10.5 Å². The minimum atomic E-state index is -0.479. The molecule has 0 spiro atoms. The Kier molecular flexibility index (Phi) is 3.38. The summed E-state index contributed by atoms with van der Waals surface area (Å²) >= 11 is 3.21. The molecule has 0 fully saturated rings. The zero-order valence-electron chi connectivity index (χ0n) is 8.95. The number of halogens is 1. The number of anilines is 1. The van der Waals surface area contributed by atoms with E-state index in [1.54, 1.807) is 6.20 Å². The van der Waals surface area contributed by atoms with Crippen LogP contribution < -0.4 is 5.73 Å². The smallest absolute Gasteiger partial charge is 0.328 e. The maximum Gasteiger partial charge on any atom is 0.328 e. The van der Waals surface area contributed by atoms with E-state index in [1.807, 2.05) is 20.8 Å². The van der Waals surface area contributed by atoms with E-state index in [9.17, 15) is 4.79 Å². The lowest BCUT2D eigenvalue weighted by atomic mass is 10.2. The van der Waals surface area contributed by atoms with E-state index in [4.69, 9.17) is 10.5 Å². The van der Waals surface area contributed by atoms with Gasteiger partial charge in [0, 0.05) is 6.20 Å². The fourth-order valence-electron chi connectivity index (χ4n) is 0.999. The van der Waals surface area contributed by atoms with E-state index in [-0.39, 0.29) is 12.5 Å². The molecular formula is C9H14BrN3O2. The van der Waals surface area contributed by atoms with E-state index in [0.29, 0.717) is 10.3 Å². The van der Waals surface area contributed by atoms with Gasteiger partial charge in [-0.1, -0.05) is 0 Å². The van der Waals surface area contributed by atoms with Crippen LogP contribution in [0.3, 0.4) is 0 Å². The highest BCUT2D eigenvalue weighted by molar-refractivity contribution is 9.10. The highest BCUT2D eigenvalue weighted by Crippen LogP contribution is 2.16. The van der Waals surface area contributed by atoms with Gasteiger partial charge in [0.15, 0.2) is 5.82 Å². The first kappa shape index (κ1) is 12.0. The van der Waals surface area contributed by atoms with Crippen LogP contribution in [0.4, 0.5) is 5.82 Å². The van der Waals surface area contributed by atoms with Gasteiger partial charge >= 0.3 is 5.97 Å². The average Bonchev–Trinajstić information content (AvgIpc) is 2.26. The van der Waals surface area contributed by atoms with Crippen LogP contribution in [0.25, 0.3) is 0 Å². The predicted octanol–water partition coefficient (Wildman–Crippen LogP) is 1.57. The first-order chi connectivity index (χ1) is 6.78. The second kappa shape index (κ2) is 4.22. The van der Waals surface area contributed by atoms with Crippen molar-refractivity contribution in [3.05, 3.63) is 10.7 Å². The quantitative estimate of drug-likeness (QED) is 0.832. The van der Waals surface area contributed by atoms with Crippen LogP contribution in [-0.2, 0) is 16.1 Å². The minimum Gasteiger partial charge on any atom is -0.459 e. The summed E-state index contributed by atoms with van der Waals surface area (Å²) in [4.78, 5) is 11.4. The molecule has 5 nitrogen and oxygen atoms in total. The molecule has 0 saturated heterocycles. The van der Waals surface area contributed by atoms with Crippen molar-refractivity contribution in [3.8, 4) is 0 Å². The van der Waals surface area contributed by atoms with Gasteiger partial charge in [-0.15, -0.1) is 0 Å². The molecule has 84 valence electrons. The molecule has 0 aliphatic rings. The second-order valence-electron chi connectivity index (χ2n) is 4.15. The molecule has 0 aliphatic heterocycles. The summed E-state index contributed by atoms with van der Waals surface area (Å²) in [6, 6.07) is 0. The minimum absolute atomic E-state index is 0.0626. The van der Waals surface area contributed by atoms with Crippen molar-refractivity contribution in [3.63, 3.8) is 0 Å². The maximum absolute atomic E-state index is 11.4. The lowest BCUT2D eigenvalue weighted by molar-refractivity contribution is -0.155. The fraction of sp³-hybridized carbons (Fsp3) is 0.556.